The molecule has 0 saturated heterocycles. The van der Waals surface area contributed by atoms with E-state index in [1.54, 1.807) is 17.8 Å². The number of benzene rings is 2. The fourth-order valence-corrected chi connectivity index (χ4v) is 5.58. The largest absolute Gasteiger partial charge is 0.340 e. The Morgan fingerprint density at radius 1 is 1.07 bits per heavy atom. The van der Waals surface area contributed by atoms with Crippen molar-refractivity contribution in [3.63, 3.8) is 0 Å². The Morgan fingerprint density at radius 2 is 1.79 bits per heavy atom. The van der Waals surface area contributed by atoms with Gasteiger partial charge in [-0.15, -0.1) is 0 Å². The summed E-state index contributed by atoms with van der Waals surface area (Å²) in [5.74, 6) is 0.107. The summed E-state index contributed by atoms with van der Waals surface area (Å²) in [6, 6.07) is 14.0. The van der Waals surface area contributed by atoms with Crippen LogP contribution in [0.4, 0.5) is 11.4 Å². The smallest absolute Gasteiger partial charge is 0.275 e. The minimum Gasteiger partial charge on any atom is -0.340 e. The molecule has 4 rings (SSSR count). The summed E-state index contributed by atoms with van der Waals surface area (Å²) in [4.78, 5) is 12.5. The third-order valence-electron chi connectivity index (χ3n) is 4.91. The highest BCUT2D eigenvalue weighted by molar-refractivity contribution is 7.99. The first kappa shape index (κ1) is 19.9. The summed E-state index contributed by atoms with van der Waals surface area (Å²) < 4.78 is 33.9. The van der Waals surface area contributed by atoms with E-state index in [4.69, 9.17) is 0 Å². The maximum Gasteiger partial charge on any atom is 0.275 e. The number of aryl methyl sites for hydroxylation is 2. The first-order valence-corrected chi connectivity index (χ1v) is 11.6. The van der Waals surface area contributed by atoms with Gasteiger partial charge >= 0.3 is 0 Å². The van der Waals surface area contributed by atoms with Crippen molar-refractivity contribution < 1.29 is 13.0 Å². The molecular formula is C21H21N3O3S2. The molecule has 2 aromatic carbocycles. The van der Waals surface area contributed by atoms with Gasteiger partial charge in [0.2, 0.25) is 0 Å². The third-order valence-corrected chi connectivity index (χ3v) is 7.37. The fourth-order valence-electron chi connectivity index (χ4n) is 3.65. The van der Waals surface area contributed by atoms with Crippen LogP contribution < -0.4 is 4.90 Å². The lowest BCUT2D eigenvalue weighted by Crippen LogP contribution is -2.26. The molecule has 0 radical (unpaired) electrons. The van der Waals surface area contributed by atoms with Gasteiger partial charge in [-0.1, -0.05) is 30.0 Å². The Kier molecular flexibility index (Phi) is 5.33. The van der Waals surface area contributed by atoms with E-state index >= 15 is 0 Å². The molecule has 8 heteroatoms. The van der Waals surface area contributed by atoms with Crippen LogP contribution in [0.5, 0.6) is 0 Å². The molecule has 29 heavy (non-hydrogen) atoms. The third kappa shape index (κ3) is 4.01. The van der Waals surface area contributed by atoms with Crippen molar-refractivity contribution in [2.24, 2.45) is 0 Å². The highest BCUT2D eigenvalue weighted by Crippen LogP contribution is 2.50. The number of para-hydroxylation sites is 1. The van der Waals surface area contributed by atoms with Gasteiger partial charge in [-0.05, 0) is 55.7 Å². The van der Waals surface area contributed by atoms with Gasteiger partial charge in [0.1, 0.15) is 11.1 Å². The van der Waals surface area contributed by atoms with Crippen molar-refractivity contribution in [3.8, 4) is 0 Å². The van der Waals surface area contributed by atoms with E-state index in [0.29, 0.717) is 6.54 Å². The Balaban J connectivity index is 1.73. The molecule has 1 N–H and O–H groups in total. The number of rotatable bonds is 5. The lowest BCUT2D eigenvalue weighted by Gasteiger charge is -2.34. The zero-order chi connectivity index (χ0) is 20.6. The van der Waals surface area contributed by atoms with Crippen LogP contribution in [0, 0.1) is 13.8 Å². The van der Waals surface area contributed by atoms with Crippen LogP contribution in [-0.2, 0) is 10.1 Å². The number of nitrogens with zero attached hydrogens (tertiary/aromatic N) is 3. The van der Waals surface area contributed by atoms with Crippen molar-refractivity contribution in [2.45, 2.75) is 35.3 Å². The maximum absolute atomic E-state index is 12.1. The van der Waals surface area contributed by atoms with Crippen LogP contribution in [0.1, 0.15) is 28.6 Å². The van der Waals surface area contributed by atoms with Gasteiger partial charge in [0.05, 0.1) is 11.4 Å². The first-order chi connectivity index (χ1) is 13.8. The number of hydrogen-bond donors (Lipinski definition) is 1. The summed E-state index contributed by atoms with van der Waals surface area (Å²) in [5, 5.41) is -1.18. The molecule has 1 aliphatic rings. The molecule has 6 nitrogen and oxygen atoms in total. The van der Waals surface area contributed by atoms with Gasteiger partial charge in [-0.3, -0.25) is 4.55 Å². The van der Waals surface area contributed by atoms with Crippen LogP contribution in [0.2, 0.25) is 0 Å². The standard InChI is InChI=1S/C21H21N3O3S2/c1-14-12-15(2)20-17(13-14)24(16-6-3-4-7-18(16)28-20)11-8-19(29(25,26)27)21-22-9-5-10-23-21/h3-7,9-10,12-13,19H,8,11H2,1-2H3,(H,25,26,27). The minimum atomic E-state index is -4.35. The number of hydrogen-bond acceptors (Lipinski definition) is 6. The number of aromatic nitrogens is 2. The molecule has 1 unspecified atom stereocenters. The van der Waals surface area contributed by atoms with Gasteiger partial charge < -0.3 is 4.90 Å². The molecule has 0 bridgehead atoms. The van der Waals surface area contributed by atoms with Gasteiger partial charge in [-0.2, -0.15) is 8.42 Å². The predicted octanol–water partition coefficient (Wildman–Crippen LogP) is 4.72. The number of fused-ring (bicyclic) bond motifs is 2. The monoisotopic (exact) mass is 427 g/mol. The van der Waals surface area contributed by atoms with E-state index in [2.05, 4.69) is 46.9 Å². The lowest BCUT2D eigenvalue weighted by atomic mass is 10.1. The van der Waals surface area contributed by atoms with Gasteiger partial charge in [0, 0.05) is 28.7 Å². The molecule has 0 spiro atoms. The second-order valence-corrected chi connectivity index (χ2v) is 9.70. The first-order valence-electron chi connectivity index (χ1n) is 9.23. The summed E-state index contributed by atoms with van der Waals surface area (Å²) in [5.41, 5.74) is 4.40. The molecule has 2 heterocycles. The molecule has 0 amide bonds. The van der Waals surface area contributed by atoms with Gasteiger partial charge in [0.25, 0.3) is 10.1 Å². The molecule has 0 aliphatic carbocycles. The maximum atomic E-state index is 12.1. The molecule has 1 aromatic heterocycles. The summed E-state index contributed by atoms with van der Waals surface area (Å²) in [7, 11) is -4.35. The van der Waals surface area contributed by atoms with Gasteiger partial charge in [0.15, 0.2) is 0 Å². The van der Waals surface area contributed by atoms with E-state index in [1.807, 2.05) is 18.2 Å². The van der Waals surface area contributed by atoms with E-state index in [-0.39, 0.29) is 12.2 Å². The second-order valence-electron chi connectivity index (χ2n) is 7.05. The second kappa shape index (κ2) is 7.78. The van der Waals surface area contributed by atoms with Crippen molar-refractivity contribution in [1.29, 1.82) is 0 Å². The quantitative estimate of drug-likeness (QED) is 0.590. The molecule has 0 fully saturated rings. The van der Waals surface area contributed by atoms with E-state index in [9.17, 15) is 13.0 Å². The van der Waals surface area contributed by atoms with E-state index in [1.165, 1.54) is 18.0 Å². The minimum absolute atomic E-state index is 0.107. The number of anilines is 2. The normalized spacial score (nSPS) is 14.2. The van der Waals surface area contributed by atoms with Crippen LogP contribution in [0.25, 0.3) is 0 Å². The fraction of sp³-hybridized carbons (Fsp3) is 0.238. The van der Waals surface area contributed by atoms with Crippen molar-refractivity contribution in [1.82, 2.24) is 9.97 Å². The lowest BCUT2D eigenvalue weighted by molar-refractivity contribution is 0.461. The van der Waals surface area contributed by atoms with Crippen molar-refractivity contribution in [3.05, 3.63) is 71.8 Å². The zero-order valence-electron chi connectivity index (χ0n) is 16.1. The van der Waals surface area contributed by atoms with E-state index in [0.717, 1.165) is 26.7 Å². The molecule has 3 aromatic rings. The average Bonchev–Trinajstić information content (AvgIpc) is 2.68. The van der Waals surface area contributed by atoms with Crippen LogP contribution in [0.15, 0.2) is 64.6 Å². The Morgan fingerprint density at radius 3 is 2.52 bits per heavy atom. The average molecular weight is 428 g/mol. The van der Waals surface area contributed by atoms with Crippen LogP contribution in [0.3, 0.4) is 0 Å². The topological polar surface area (TPSA) is 83.4 Å². The summed E-state index contributed by atoms with van der Waals surface area (Å²) in [6.07, 6.45) is 3.12. The highest BCUT2D eigenvalue weighted by atomic mass is 32.2. The molecule has 1 atom stereocenters. The molecular weight excluding hydrogens is 406 g/mol. The highest BCUT2D eigenvalue weighted by Gasteiger charge is 2.31. The Bertz CT molecular complexity index is 1150. The Labute approximate surface area is 174 Å². The molecule has 0 saturated carbocycles. The van der Waals surface area contributed by atoms with E-state index < -0.39 is 15.4 Å². The molecule has 150 valence electrons. The molecule has 1 aliphatic heterocycles. The summed E-state index contributed by atoms with van der Waals surface area (Å²) in [6.45, 7) is 4.54. The van der Waals surface area contributed by atoms with Gasteiger partial charge in [-0.25, -0.2) is 9.97 Å². The zero-order valence-corrected chi connectivity index (χ0v) is 17.7. The van der Waals surface area contributed by atoms with Crippen molar-refractivity contribution >= 4 is 33.3 Å². The summed E-state index contributed by atoms with van der Waals surface area (Å²) >= 11 is 1.72. The Hall–Kier alpha value is -2.42. The predicted molar refractivity (Wildman–Crippen MR) is 114 cm³/mol. The van der Waals surface area contributed by atoms with Crippen LogP contribution in [-0.4, -0.2) is 29.5 Å². The van der Waals surface area contributed by atoms with Crippen molar-refractivity contribution in [2.75, 3.05) is 11.4 Å². The van der Waals surface area contributed by atoms with Crippen LogP contribution >= 0.6 is 11.8 Å². The SMILES string of the molecule is Cc1cc(C)c2c(c1)N(CCC(c1ncccn1)S(=O)(=O)O)c1ccccc1S2.